The topological polar surface area (TPSA) is 53.1 Å². The molecular formula is C29H29N3O3. The molecule has 0 aromatic heterocycles. The Morgan fingerprint density at radius 1 is 0.800 bits per heavy atom. The largest absolute Gasteiger partial charge is 0.493 e. The molecule has 0 saturated carbocycles. The van der Waals surface area contributed by atoms with Gasteiger partial charge in [-0.2, -0.15) is 0 Å². The Hall–Kier alpha value is -3.64. The average Bonchev–Trinajstić information content (AvgIpc) is 3.61. The van der Waals surface area contributed by atoms with Crippen molar-refractivity contribution in [2.45, 2.75) is 32.4 Å². The zero-order chi connectivity index (χ0) is 23.8. The molecule has 0 spiro atoms. The van der Waals surface area contributed by atoms with E-state index in [-0.39, 0.29) is 18.5 Å². The monoisotopic (exact) mass is 467 g/mol. The summed E-state index contributed by atoms with van der Waals surface area (Å²) in [4.78, 5) is 31.4. The van der Waals surface area contributed by atoms with Gasteiger partial charge in [-0.1, -0.05) is 42.5 Å². The number of benzene rings is 3. The minimum Gasteiger partial charge on any atom is -0.493 e. The van der Waals surface area contributed by atoms with E-state index in [9.17, 15) is 9.59 Å². The quantitative estimate of drug-likeness (QED) is 0.486. The molecule has 3 heterocycles. The molecule has 35 heavy (non-hydrogen) atoms. The second-order valence-electron chi connectivity index (χ2n) is 9.64. The summed E-state index contributed by atoms with van der Waals surface area (Å²) >= 11 is 0. The highest BCUT2D eigenvalue weighted by Gasteiger charge is 2.37. The number of likely N-dealkylation sites (tertiary alicyclic amines) is 1. The fourth-order valence-corrected chi connectivity index (χ4v) is 5.34. The third-order valence-electron chi connectivity index (χ3n) is 7.16. The van der Waals surface area contributed by atoms with Crippen molar-refractivity contribution in [1.29, 1.82) is 0 Å². The van der Waals surface area contributed by atoms with Gasteiger partial charge in [-0.05, 0) is 78.0 Å². The standard InChI is InChI=1S/C29H29N3O3/c33-28-20-31(19-22-5-3-4-21(16-22)18-30-13-1-2-14-30)29(34)32(28)26-9-6-23(7-10-26)24-8-11-27-25(17-24)12-15-35-27/h3-11,16-17H,1-2,12-15,18-20H2. The molecule has 2 fully saturated rings. The molecule has 0 N–H and O–H groups in total. The van der Waals surface area contributed by atoms with Crippen LogP contribution in [0.5, 0.6) is 5.75 Å². The third-order valence-corrected chi connectivity index (χ3v) is 7.16. The van der Waals surface area contributed by atoms with Gasteiger partial charge in [0.2, 0.25) is 0 Å². The predicted octanol–water partition coefficient (Wildman–Crippen LogP) is 4.85. The lowest BCUT2D eigenvalue weighted by Gasteiger charge is -2.19. The first-order chi connectivity index (χ1) is 17.1. The number of carbonyl (C=O) groups excluding carboxylic acids is 2. The molecule has 3 aromatic rings. The van der Waals surface area contributed by atoms with E-state index in [1.807, 2.05) is 48.5 Å². The summed E-state index contributed by atoms with van der Waals surface area (Å²) in [5.74, 6) is 0.769. The number of hydrogen-bond acceptors (Lipinski definition) is 4. The van der Waals surface area contributed by atoms with E-state index in [0.717, 1.165) is 55.1 Å². The molecule has 3 amide bonds. The molecule has 6 heteroatoms. The molecule has 3 aliphatic rings. The SMILES string of the molecule is O=C1CN(Cc2cccc(CN3CCCC3)c2)C(=O)N1c1ccc(-c2ccc3c(c2)CCO3)cc1. The highest BCUT2D eigenvalue weighted by molar-refractivity contribution is 6.19. The molecule has 3 aliphatic heterocycles. The molecule has 0 atom stereocenters. The zero-order valence-electron chi connectivity index (χ0n) is 19.8. The van der Waals surface area contributed by atoms with Crippen molar-refractivity contribution in [2.24, 2.45) is 0 Å². The third kappa shape index (κ3) is 4.42. The number of amides is 3. The number of rotatable bonds is 6. The number of hydrogen-bond donors (Lipinski definition) is 0. The Morgan fingerprint density at radius 3 is 2.34 bits per heavy atom. The number of urea groups is 1. The van der Waals surface area contributed by atoms with Crippen molar-refractivity contribution < 1.29 is 14.3 Å². The van der Waals surface area contributed by atoms with E-state index < -0.39 is 0 Å². The van der Waals surface area contributed by atoms with Crippen LogP contribution in [-0.4, -0.2) is 48.0 Å². The smallest absolute Gasteiger partial charge is 0.332 e. The van der Waals surface area contributed by atoms with Gasteiger partial charge < -0.3 is 9.64 Å². The molecule has 2 saturated heterocycles. The Balaban J connectivity index is 1.15. The Labute approximate surface area is 205 Å². The van der Waals surface area contributed by atoms with Crippen LogP contribution >= 0.6 is 0 Å². The first-order valence-corrected chi connectivity index (χ1v) is 12.4. The first kappa shape index (κ1) is 21.9. The Morgan fingerprint density at radius 2 is 1.54 bits per heavy atom. The summed E-state index contributed by atoms with van der Waals surface area (Å²) in [5.41, 5.74) is 6.30. The molecule has 3 aromatic carbocycles. The summed E-state index contributed by atoms with van der Waals surface area (Å²) < 4.78 is 5.60. The summed E-state index contributed by atoms with van der Waals surface area (Å²) in [7, 11) is 0. The first-order valence-electron chi connectivity index (χ1n) is 12.4. The second kappa shape index (κ2) is 9.19. The second-order valence-corrected chi connectivity index (χ2v) is 9.64. The average molecular weight is 468 g/mol. The lowest BCUT2D eigenvalue weighted by atomic mass is 10.0. The highest BCUT2D eigenvalue weighted by Crippen LogP contribution is 2.32. The molecule has 0 bridgehead atoms. The van der Waals surface area contributed by atoms with E-state index in [0.29, 0.717) is 12.2 Å². The Bertz CT molecular complexity index is 1260. The van der Waals surface area contributed by atoms with Crippen LogP contribution in [-0.2, 0) is 24.3 Å². The van der Waals surface area contributed by atoms with Gasteiger partial charge in [0.1, 0.15) is 12.3 Å². The van der Waals surface area contributed by atoms with Crippen molar-refractivity contribution in [2.75, 3.05) is 31.1 Å². The number of nitrogens with zero attached hydrogens (tertiary/aromatic N) is 3. The maximum Gasteiger partial charge on any atom is 0.332 e. The molecule has 178 valence electrons. The molecule has 0 unspecified atom stereocenters. The molecule has 0 radical (unpaired) electrons. The number of ether oxygens (including phenoxy) is 1. The predicted molar refractivity (Wildman–Crippen MR) is 135 cm³/mol. The lowest BCUT2D eigenvalue weighted by Crippen LogP contribution is -2.32. The summed E-state index contributed by atoms with van der Waals surface area (Å²) in [5, 5.41) is 0. The van der Waals surface area contributed by atoms with E-state index in [1.165, 1.54) is 28.9 Å². The van der Waals surface area contributed by atoms with Crippen LogP contribution in [0.1, 0.15) is 29.5 Å². The zero-order valence-corrected chi connectivity index (χ0v) is 19.8. The molecule has 6 nitrogen and oxygen atoms in total. The van der Waals surface area contributed by atoms with Crippen molar-refractivity contribution >= 4 is 17.6 Å². The van der Waals surface area contributed by atoms with Gasteiger partial charge in [-0.3, -0.25) is 9.69 Å². The number of carbonyl (C=O) groups is 2. The Kier molecular flexibility index (Phi) is 5.74. The minimum atomic E-state index is -0.262. The van der Waals surface area contributed by atoms with E-state index in [2.05, 4.69) is 23.1 Å². The van der Waals surface area contributed by atoms with E-state index in [4.69, 9.17) is 4.74 Å². The van der Waals surface area contributed by atoms with Gasteiger partial charge >= 0.3 is 6.03 Å². The fourth-order valence-electron chi connectivity index (χ4n) is 5.34. The van der Waals surface area contributed by atoms with Crippen LogP contribution in [0.3, 0.4) is 0 Å². The van der Waals surface area contributed by atoms with Gasteiger partial charge in [-0.25, -0.2) is 9.69 Å². The molecule has 0 aliphatic carbocycles. The van der Waals surface area contributed by atoms with Gasteiger partial charge in [0.15, 0.2) is 0 Å². The van der Waals surface area contributed by atoms with E-state index in [1.54, 1.807) is 4.90 Å². The van der Waals surface area contributed by atoms with E-state index >= 15 is 0 Å². The number of imide groups is 1. The van der Waals surface area contributed by atoms with Crippen molar-refractivity contribution in [3.8, 4) is 16.9 Å². The van der Waals surface area contributed by atoms with Crippen molar-refractivity contribution in [1.82, 2.24) is 9.80 Å². The summed E-state index contributed by atoms with van der Waals surface area (Å²) in [6, 6.07) is 22.0. The van der Waals surface area contributed by atoms with Gasteiger partial charge in [-0.15, -0.1) is 0 Å². The number of fused-ring (bicyclic) bond motifs is 1. The minimum absolute atomic E-state index is 0.0990. The summed E-state index contributed by atoms with van der Waals surface area (Å²) in [6.07, 6.45) is 3.46. The van der Waals surface area contributed by atoms with Gasteiger partial charge in [0.05, 0.1) is 12.3 Å². The molecular weight excluding hydrogens is 438 g/mol. The van der Waals surface area contributed by atoms with Crippen LogP contribution < -0.4 is 9.64 Å². The van der Waals surface area contributed by atoms with Gasteiger partial charge in [0, 0.05) is 19.5 Å². The van der Waals surface area contributed by atoms with Crippen LogP contribution in [0.2, 0.25) is 0 Å². The highest BCUT2D eigenvalue weighted by atomic mass is 16.5. The van der Waals surface area contributed by atoms with Crippen LogP contribution in [0.4, 0.5) is 10.5 Å². The van der Waals surface area contributed by atoms with Crippen LogP contribution in [0.25, 0.3) is 11.1 Å². The maximum absolute atomic E-state index is 13.2. The fraction of sp³-hybridized carbons (Fsp3) is 0.310. The van der Waals surface area contributed by atoms with Crippen molar-refractivity contribution in [3.63, 3.8) is 0 Å². The maximum atomic E-state index is 13.2. The summed E-state index contributed by atoms with van der Waals surface area (Å²) in [6.45, 7) is 4.51. The van der Waals surface area contributed by atoms with Crippen LogP contribution in [0.15, 0.2) is 66.7 Å². The van der Waals surface area contributed by atoms with Crippen molar-refractivity contribution in [3.05, 3.63) is 83.4 Å². The molecule has 6 rings (SSSR count). The normalized spacial score (nSPS) is 17.8. The van der Waals surface area contributed by atoms with Crippen LogP contribution in [0, 0.1) is 0 Å². The lowest BCUT2D eigenvalue weighted by molar-refractivity contribution is -0.116. The van der Waals surface area contributed by atoms with Gasteiger partial charge in [0.25, 0.3) is 5.91 Å². The number of anilines is 1.